The lowest BCUT2D eigenvalue weighted by Crippen LogP contribution is -2.57. The molecule has 0 aromatic rings. The topological polar surface area (TPSA) is 97.0 Å². The highest BCUT2D eigenvalue weighted by atomic mass is 33.1. The summed E-state index contributed by atoms with van der Waals surface area (Å²) in [5.41, 5.74) is 0. The molecule has 1 fully saturated rings. The van der Waals surface area contributed by atoms with Crippen LogP contribution in [0.25, 0.3) is 0 Å². The van der Waals surface area contributed by atoms with Gasteiger partial charge in [0.25, 0.3) is 0 Å². The summed E-state index contributed by atoms with van der Waals surface area (Å²) in [6.45, 7) is 3.93. The summed E-state index contributed by atoms with van der Waals surface area (Å²) >= 11 is 4.06. The van der Waals surface area contributed by atoms with Gasteiger partial charge in [-0.05, 0) is 26.7 Å². The Hall–Kier alpha value is -1.13. The number of rotatable bonds is 7. The Morgan fingerprint density at radius 1 is 1.25 bits per heavy atom. The molecule has 4 atom stereocenters. The molecule has 1 aliphatic heterocycles. The summed E-state index contributed by atoms with van der Waals surface area (Å²) in [6.07, 6.45) is 0.0113. The Bertz CT molecular complexity index is 466. The van der Waals surface area contributed by atoms with Gasteiger partial charge in [0.05, 0.1) is 18.6 Å². The molecule has 1 heterocycles. The SMILES string of the molecule is COC(=O)N[C@H](C(=O)N1CCC[C@H]1C(=O)NC(C)SS)[C@H](C)OC. The van der Waals surface area contributed by atoms with E-state index >= 15 is 0 Å². The number of hydrogen-bond acceptors (Lipinski definition) is 7. The zero-order valence-corrected chi connectivity index (χ0v) is 16.0. The minimum absolute atomic E-state index is 0.166. The van der Waals surface area contributed by atoms with Gasteiger partial charge in [-0.15, -0.1) is 11.7 Å². The first-order chi connectivity index (χ1) is 11.3. The second kappa shape index (κ2) is 10.00. The van der Waals surface area contributed by atoms with E-state index in [1.807, 2.05) is 6.92 Å². The van der Waals surface area contributed by atoms with Crippen molar-refractivity contribution >= 4 is 40.4 Å². The number of methoxy groups -OCH3 is 2. The van der Waals surface area contributed by atoms with Crippen LogP contribution in [0.5, 0.6) is 0 Å². The fraction of sp³-hybridized carbons (Fsp3) is 0.786. The molecule has 0 radical (unpaired) electrons. The molecular formula is C14H25N3O5S2. The Labute approximate surface area is 151 Å². The van der Waals surface area contributed by atoms with Crippen LogP contribution in [-0.4, -0.2) is 67.1 Å². The predicted octanol–water partition coefficient (Wildman–Crippen LogP) is 0.777. The highest BCUT2D eigenvalue weighted by molar-refractivity contribution is 8.68. The molecule has 0 saturated carbocycles. The third-order valence-corrected chi connectivity index (χ3v) is 5.29. The van der Waals surface area contributed by atoms with E-state index in [-0.39, 0.29) is 17.2 Å². The molecule has 0 aromatic carbocycles. The zero-order chi connectivity index (χ0) is 18.3. The quantitative estimate of drug-likeness (QED) is 0.344. The number of alkyl carbamates (subject to hydrolysis) is 1. The number of ether oxygens (including phenoxy) is 2. The van der Waals surface area contributed by atoms with Gasteiger partial charge in [-0.1, -0.05) is 10.8 Å². The monoisotopic (exact) mass is 379 g/mol. The molecule has 138 valence electrons. The van der Waals surface area contributed by atoms with Crippen molar-refractivity contribution in [2.75, 3.05) is 20.8 Å². The van der Waals surface area contributed by atoms with E-state index in [1.54, 1.807) is 6.92 Å². The van der Waals surface area contributed by atoms with Crippen LogP contribution in [0.15, 0.2) is 0 Å². The lowest BCUT2D eigenvalue weighted by molar-refractivity contribution is -0.142. The normalized spacial score (nSPS) is 20.9. The molecule has 0 spiro atoms. The van der Waals surface area contributed by atoms with Gasteiger partial charge in [-0.25, -0.2) is 4.79 Å². The van der Waals surface area contributed by atoms with Gasteiger partial charge in [-0.3, -0.25) is 9.59 Å². The van der Waals surface area contributed by atoms with Crippen molar-refractivity contribution < 1.29 is 23.9 Å². The second-order valence-corrected chi connectivity index (χ2v) is 7.05. The molecule has 2 N–H and O–H groups in total. The molecule has 1 aliphatic rings. The lowest BCUT2D eigenvalue weighted by Gasteiger charge is -2.31. The van der Waals surface area contributed by atoms with Crippen molar-refractivity contribution in [3.63, 3.8) is 0 Å². The molecule has 1 saturated heterocycles. The third kappa shape index (κ3) is 5.45. The summed E-state index contributed by atoms with van der Waals surface area (Å²) < 4.78 is 9.75. The maximum Gasteiger partial charge on any atom is 0.407 e. The van der Waals surface area contributed by atoms with Crippen molar-refractivity contribution in [3.8, 4) is 0 Å². The molecule has 1 rings (SSSR count). The molecule has 0 aromatic heterocycles. The molecule has 24 heavy (non-hydrogen) atoms. The summed E-state index contributed by atoms with van der Waals surface area (Å²) in [6, 6.07) is -1.49. The number of nitrogens with zero attached hydrogens (tertiary/aromatic N) is 1. The first-order valence-corrected chi connectivity index (χ1v) is 9.57. The number of likely N-dealkylation sites (tertiary alicyclic amines) is 1. The van der Waals surface area contributed by atoms with Crippen LogP contribution in [0.1, 0.15) is 26.7 Å². The third-order valence-electron chi connectivity index (χ3n) is 3.91. The van der Waals surface area contributed by atoms with E-state index in [0.29, 0.717) is 13.0 Å². The van der Waals surface area contributed by atoms with Crippen LogP contribution < -0.4 is 10.6 Å². The molecule has 0 aliphatic carbocycles. The summed E-state index contributed by atoms with van der Waals surface area (Å²) in [4.78, 5) is 38.2. The van der Waals surface area contributed by atoms with Gasteiger partial charge < -0.3 is 25.0 Å². The van der Waals surface area contributed by atoms with E-state index in [0.717, 1.165) is 6.42 Å². The molecule has 10 heteroatoms. The highest BCUT2D eigenvalue weighted by Crippen LogP contribution is 2.21. The second-order valence-electron chi connectivity index (χ2n) is 5.50. The van der Waals surface area contributed by atoms with Gasteiger partial charge in [0.2, 0.25) is 11.8 Å². The Kier molecular flexibility index (Phi) is 8.71. The van der Waals surface area contributed by atoms with Crippen LogP contribution in [0.3, 0.4) is 0 Å². The average Bonchev–Trinajstić information content (AvgIpc) is 3.07. The largest absolute Gasteiger partial charge is 0.453 e. The zero-order valence-electron chi connectivity index (χ0n) is 14.3. The van der Waals surface area contributed by atoms with Crippen LogP contribution in [0, 0.1) is 0 Å². The fourth-order valence-corrected chi connectivity index (χ4v) is 2.83. The molecule has 0 bridgehead atoms. The van der Waals surface area contributed by atoms with Crippen molar-refractivity contribution in [1.82, 2.24) is 15.5 Å². The van der Waals surface area contributed by atoms with Gasteiger partial charge >= 0.3 is 6.09 Å². The maximum atomic E-state index is 12.8. The van der Waals surface area contributed by atoms with Crippen LogP contribution in [0.2, 0.25) is 0 Å². The lowest BCUT2D eigenvalue weighted by atomic mass is 10.1. The summed E-state index contributed by atoms with van der Waals surface area (Å²) in [7, 11) is 3.88. The van der Waals surface area contributed by atoms with Crippen LogP contribution in [0.4, 0.5) is 4.79 Å². The van der Waals surface area contributed by atoms with E-state index in [4.69, 9.17) is 4.74 Å². The van der Waals surface area contributed by atoms with E-state index < -0.39 is 24.3 Å². The Balaban J connectivity index is 2.87. The van der Waals surface area contributed by atoms with Gasteiger partial charge in [-0.2, -0.15) is 0 Å². The average molecular weight is 380 g/mol. The Morgan fingerprint density at radius 2 is 1.92 bits per heavy atom. The smallest absolute Gasteiger partial charge is 0.407 e. The first kappa shape index (κ1) is 20.9. The number of carbonyl (C=O) groups excluding carboxylic acids is 3. The van der Waals surface area contributed by atoms with Gasteiger partial charge in [0, 0.05) is 13.7 Å². The van der Waals surface area contributed by atoms with E-state index in [1.165, 1.54) is 29.9 Å². The number of nitrogens with one attached hydrogen (secondary N) is 2. The first-order valence-electron chi connectivity index (χ1n) is 7.64. The van der Waals surface area contributed by atoms with E-state index in [2.05, 4.69) is 27.0 Å². The molecule has 1 unspecified atom stereocenters. The summed E-state index contributed by atoms with van der Waals surface area (Å²) in [5, 5.41) is 5.11. The molecule has 8 nitrogen and oxygen atoms in total. The predicted molar refractivity (Wildman–Crippen MR) is 94.7 cm³/mol. The number of carbonyl (C=O) groups is 3. The van der Waals surface area contributed by atoms with Crippen molar-refractivity contribution in [2.24, 2.45) is 0 Å². The Morgan fingerprint density at radius 3 is 2.46 bits per heavy atom. The summed E-state index contributed by atoms with van der Waals surface area (Å²) in [5.74, 6) is -0.588. The minimum Gasteiger partial charge on any atom is -0.453 e. The minimum atomic E-state index is -0.924. The van der Waals surface area contributed by atoms with Gasteiger partial charge in [0.15, 0.2) is 0 Å². The van der Waals surface area contributed by atoms with Crippen molar-refractivity contribution in [2.45, 2.75) is 50.3 Å². The standard InChI is InChI=1S/C14H25N3O5S2/c1-8(21-3)11(16-14(20)22-4)13(19)17-7-5-6-10(17)12(18)15-9(2)24-23/h8-11,23H,5-7H2,1-4H3,(H,15,18)(H,16,20)/t8-,9?,10-,11-/m0/s1. The number of thiol groups is 1. The van der Waals surface area contributed by atoms with Crippen LogP contribution >= 0.6 is 22.5 Å². The van der Waals surface area contributed by atoms with E-state index in [9.17, 15) is 14.4 Å². The number of hydrogen-bond donors (Lipinski definition) is 3. The van der Waals surface area contributed by atoms with Gasteiger partial charge in [0.1, 0.15) is 12.1 Å². The fourth-order valence-electron chi connectivity index (χ4n) is 2.51. The van der Waals surface area contributed by atoms with Crippen LogP contribution in [-0.2, 0) is 19.1 Å². The molecular weight excluding hydrogens is 354 g/mol. The molecule has 3 amide bonds. The number of amides is 3. The maximum absolute atomic E-state index is 12.8. The highest BCUT2D eigenvalue weighted by Gasteiger charge is 2.39. The van der Waals surface area contributed by atoms with Crippen molar-refractivity contribution in [3.05, 3.63) is 0 Å². The van der Waals surface area contributed by atoms with Crippen molar-refractivity contribution in [1.29, 1.82) is 0 Å².